The van der Waals surface area contributed by atoms with Crippen molar-refractivity contribution in [3.63, 3.8) is 0 Å². The van der Waals surface area contributed by atoms with Crippen molar-refractivity contribution in [2.45, 2.75) is 76.9 Å². The van der Waals surface area contributed by atoms with Crippen LogP contribution >= 0.6 is 0 Å². The number of nitrogens with one attached hydrogen (secondary N) is 1. The van der Waals surface area contributed by atoms with Crippen LogP contribution in [0, 0.1) is 29.1 Å². The number of nitrogen functional groups attached to an aromatic ring is 1. The van der Waals surface area contributed by atoms with Crippen LogP contribution in [0.1, 0.15) is 63.7 Å². The van der Waals surface area contributed by atoms with Crippen LogP contribution in [0.3, 0.4) is 0 Å². The zero-order chi connectivity index (χ0) is 29.2. The van der Waals surface area contributed by atoms with E-state index in [9.17, 15) is 29.4 Å². The molecule has 0 radical (unpaired) electrons. The number of fused-ring (bicyclic) bond motifs is 1. The van der Waals surface area contributed by atoms with E-state index in [2.05, 4.69) is 5.32 Å². The van der Waals surface area contributed by atoms with Crippen molar-refractivity contribution in [1.29, 1.82) is 0 Å². The maximum atomic E-state index is 14.3. The molecule has 1 aromatic rings. The highest BCUT2D eigenvalue weighted by Crippen LogP contribution is 2.68. The number of aliphatic hydroxyl groups is 2. The van der Waals surface area contributed by atoms with Gasteiger partial charge in [-0.1, -0.05) is 44.2 Å². The van der Waals surface area contributed by atoms with Gasteiger partial charge in [0.25, 0.3) is 0 Å². The summed E-state index contributed by atoms with van der Waals surface area (Å²) >= 11 is 0. The van der Waals surface area contributed by atoms with Crippen molar-refractivity contribution >= 4 is 28.9 Å². The number of amides is 1. The van der Waals surface area contributed by atoms with Gasteiger partial charge < -0.3 is 26.0 Å². The lowest BCUT2D eigenvalue weighted by Crippen LogP contribution is -2.64. The summed E-state index contributed by atoms with van der Waals surface area (Å²) in [5.41, 5.74) is 2.61. The molecule has 9 heteroatoms. The van der Waals surface area contributed by atoms with Gasteiger partial charge in [0, 0.05) is 29.5 Å². The second kappa shape index (κ2) is 9.75. The second-order valence-electron chi connectivity index (χ2n) is 12.3. The van der Waals surface area contributed by atoms with E-state index < -0.39 is 64.2 Å². The molecule has 1 saturated carbocycles. The molecule has 1 amide bonds. The van der Waals surface area contributed by atoms with Crippen LogP contribution in [0.25, 0.3) is 0 Å². The summed E-state index contributed by atoms with van der Waals surface area (Å²) < 4.78 is 6.56. The molecular weight excluding hydrogens is 512 g/mol. The number of nitrogens with two attached hydrogens (primary N) is 1. The molecule has 1 aromatic carbocycles. The van der Waals surface area contributed by atoms with Gasteiger partial charge in [0.2, 0.25) is 5.91 Å². The van der Waals surface area contributed by atoms with Gasteiger partial charge in [-0.15, -0.1) is 0 Å². The third-order valence-corrected chi connectivity index (χ3v) is 9.82. The normalized spacial score (nSPS) is 43.5. The Bertz CT molecular complexity index is 1340. The van der Waals surface area contributed by atoms with Crippen LogP contribution in [-0.2, 0) is 19.1 Å². The largest absolute Gasteiger partial charge is 0.398 e. The molecule has 9 atom stereocenters. The Morgan fingerprint density at radius 3 is 2.58 bits per heavy atom. The Kier molecular flexibility index (Phi) is 6.92. The van der Waals surface area contributed by atoms with E-state index in [1.807, 2.05) is 19.9 Å². The summed E-state index contributed by atoms with van der Waals surface area (Å²) in [6.45, 7) is 7.16. The van der Waals surface area contributed by atoms with Crippen molar-refractivity contribution in [3.8, 4) is 0 Å². The maximum absolute atomic E-state index is 14.3. The fourth-order valence-corrected chi connectivity index (χ4v) is 7.78. The molecule has 0 unspecified atom stereocenters. The first-order valence-corrected chi connectivity index (χ1v) is 14.0. The highest BCUT2D eigenvalue weighted by Gasteiger charge is 2.82. The van der Waals surface area contributed by atoms with Gasteiger partial charge in [0.05, 0.1) is 18.1 Å². The van der Waals surface area contributed by atoms with Crippen LogP contribution in [-0.4, -0.2) is 57.0 Å². The number of benzene rings is 1. The minimum atomic E-state index is -1.75. The van der Waals surface area contributed by atoms with Crippen LogP contribution < -0.4 is 11.1 Å². The van der Waals surface area contributed by atoms with Gasteiger partial charge in [-0.3, -0.25) is 19.2 Å². The molecule has 9 nitrogen and oxygen atoms in total. The summed E-state index contributed by atoms with van der Waals surface area (Å²) in [7, 11) is 0. The lowest BCUT2D eigenvalue weighted by Gasteiger charge is -2.50. The van der Waals surface area contributed by atoms with Crippen LogP contribution in [0.2, 0.25) is 0 Å². The summed E-state index contributed by atoms with van der Waals surface area (Å²) in [5.74, 6) is -4.18. The molecule has 5 N–H and O–H groups in total. The molecule has 2 aliphatic heterocycles. The van der Waals surface area contributed by atoms with Gasteiger partial charge in [-0.25, -0.2) is 0 Å². The molecule has 2 saturated heterocycles. The number of hydrogen-bond acceptors (Lipinski definition) is 8. The molecule has 214 valence electrons. The summed E-state index contributed by atoms with van der Waals surface area (Å²) in [5, 5.41) is 25.4. The summed E-state index contributed by atoms with van der Waals surface area (Å²) in [6.07, 6.45) is 2.53. The van der Waals surface area contributed by atoms with E-state index in [4.69, 9.17) is 10.5 Å². The Labute approximate surface area is 233 Å². The average molecular weight is 551 g/mol. The van der Waals surface area contributed by atoms with Crippen molar-refractivity contribution in [2.24, 2.45) is 29.1 Å². The van der Waals surface area contributed by atoms with Crippen molar-refractivity contribution in [3.05, 3.63) is 53.6 Å². The Hall–Kier alpha value is -3.14. The van der Waals surface area contributed by atoms with E-state index in [1.165, 1.54) is 0 Å². The summed E-state index contributed by atoms with van der Waals surface area (Å²) in [4.78, 5) is 54.7. The molecule has 2 aliphatic carbocycles. The van der Waals surface area contributed by atoms with Crippen LogP contribution in [0.5, 0.6) is 0 Å². The first-order chi connectivity index (χ1) is 18.8. The highest BCUT2D eigenvalue weighted by molar-refractivity contribution is 6.11. The number of carbonyl (C=O) groups excluding carboxylic acids is 4. The number of rotatable bonds is 3. The number of ketones is 3. The predicted octanol–water partition coefficient (Wildman–Crippen LogP) is 2.51. The van der Waals surface area contributed by atoms with Gasteiger partial charge >= 0.3 is 0 Å². The van der Waals surface area contributed by atoms with E-state index in [-0.39, 0.29) is 36.5 Å². The molecule has 4 aliphatic rings. The molecule has 5 rings (SSSR count). The Morgan fingerprint density at radius 1 is 1.18 bits per heavy atom. The molecule has 2 heterocycles. The third-order valence-electron chi connectivity index (χ3n) is 9.82. The van der Waals surface area contributed by atoms with Crippen LogP contribution in [0.4, 0.5) is 5.69 Å². The van der Waals surface area contributed by atoms with E-state index in [1.54, 1.807) is 50.3 Å². The fraction of sp³-hybridized carbons (Fsp3) is 0.548. The van der Waals surface area contributed by atoms with E-state index >= 15 is 0 Å². The summed E-state index contributed by atoms with van der Waals surface area (Å²) in [6, 6.07) is 6.63. The molecule has 3 fully saturated rings. The number of carbonyl (C=O) groups is 4. The SMILES string of the molecule is C/C1=C\[C@@H](C)C/C=C/[C@H]2[C@H](O)[C@@]3(C)O[C@@]4(CC(=O)c5ccccc5N)NC(=O)[C@]2(C(=O)CC[C@H](O)C1=O)[C@H]4[C@@H]3C. The van der Waals surface area contributed by atoms with Gasteiger partial charge in [-0.2, -0.15) is 0 Å². The minimum Gasteiger partial charge on any atom is -0.398 e. The topological polar surface area (TPSA) is 156 Å². The van der Waals surface area contributed by atoms with Gasteiger partial charge in [-0.05, 0) is 56.2 Å². The lowest BCUT2D eigenvalue weighted by molar-refractivity contribution is -0.191. The first kappa shape index (κ1) is 28.4. The fourth-order valence-electron chi connectivity index (χ4n) is 7.78. The van der Waals surface area contributed by atoms with Gasteiger partial charge in [0.15, 0.2) is 17.3 Å². The zero-order valence-electron chi connectivity index (χ0n) is 23.3. The Morgan fingerprint density at radius 2 is 1.88 bits per heavy atom. The van der Waals surface area contributed by atoms with E-state index in [0.29, 0.717) is 17.7 Å². The van der Waals surface area contributed by atoms with Crippen molar-refractivity contribution < 1.29 is 34.1 Å². The van der Waals surface area contributed by atoms with Gasteiger partial charge in [0.1, 0.15) is 17.3 Å². The molecule has 40 heavy (non-hydrogen) atoms. The average Bonchev–Trinajstić information content (AvgIpc) is 3.24. The first-order valence-electron chi connectivity index (χ1n) is 14.0. The Balaban J connectivity index is 1.63. The number of ether oxygens (including phenoxy) is 1. The number of hydrogen-bond donors (Lipinski definition) is 4. The monoisotopic (exact) mass is 550 g/mol. The number of allylic oxidation sites excluding steroid dienone is 2. The van der Waals surface area contributed by atoms with Crippen molar-refractivity contribution in [2.75, 3.05) is 5.73 Å². The highest BCUT2D eigenvalue weighted by atomic mass is 16.6. The third kappa shape index (κ3) is 3.93. The standard InChI is InChI=1S/C31H38N2O7/c1-16-8-7-10-20-27(38)29(4)18(3)26-30(40-29,15-23(35)19-9-5-6-11-21(19)32)33-28(39)31(20,26)24(36)13-12-22(34)25(37)17(2)14-16/h5-7,9-11,14,16,18,20,22,26-27,34,38H,8,12-13,15,32H2,1-4H3,(H,33,39)/b10-7+,17-14+/t16-,18-,20-,22-,26-,27-,29-,30+,31+/m0/s1. The molecule has 0 aromatic heterocycles. The quantitative estimate of drug-likeness (QED) is 0.194. The number of anilines is 1. The maximum Gasteiger partial charge on any atom is 0.237 e. The predicted molar refractivity (Wildman–Crippen MR) is 147 cm³/mol. The molecule has 1 spiro atoms. The number of para-hydroxylation sites is 1. The van der Waals surface area contributed by atoms with Crippen molar-refractivity contribution in [1.82, 2.24) is 5.32 Å². The minimum absolute atomic E-state index is 0.0616. The lowest BCUT2D eigenvalue weighted by atomic mass is 9.50. The smallest absolute Gasteiger partial charge is 0.237 e. The van der Waals surface area contributed by atoms with E-state index in [0.717, 1.165) is 0 Å². The molecule has 2 bridgehead atoms. The van der Waals surface area contributed by atoms with Crippen LogP contribution in [0.15, 0.2) is 48.1 Å². The second-order valence-corrected chi connectivity index (χ2v) is 12.3. The number of Topliss-reactive ketones (excluding diaryl/α,β-unsaturated/α-hetero) is 3. The molecular formula is C31H38N2O7. The number of aliphatic hydroxyl groups excluding tert-OH is 2. The zero-order valence-corrected chi connectivity index (χ0v) is 23.3.